The molecular weight excluding hydrogens is 180 g/mol. The van der Waals surface area contributed by atoms with E-state index in [1.807, 2.05) is 19.3 Å². The van der Waals surface area contributed by atoms with Crippen molar-refractivity contribution in [2.45, 2.75) is 39.8 Å². The fourth-order valence-corrected chi connectivity index (χ4v) is 1.51. The molecule has 1 heterocycles. The highest BCUT2D eigenvalue weighted by atomic mass is 16.4. The minimum absolute atomic E-state index is 0.240. The van der Waals surface area contributed by atoms with E-state index in [0.29, 0.717) is 6.42 Å². The third-order valence-electron chi connectivity index (χ3n) is 2.39. The number of aromatic nitrogens is 2. The van der Waals surface area contributed by atoms with Crippen molar-refractivity contribution in [3.05, 3.63) is 18.2 Å². The van der Waals surface area contributed by atoms with Gasteiger partial charge in [0, 0.05) is 13.3 Å². The average Bonchev–Trinajstić information content (AvgIpc) is 2.47. The van der Waals surface area contributed by atoms with Crippen LogP contribution in [0, 0.1) is 6.92 Å². The number of carbonyl (C=O) groups is 1. The van der Waals surface area contributed by atoms with Crippen LogP contribution in [-0.2, 0) is 17.9 Å². The Bertz CT molecular complexity index is 318. The summed E-state index contributed by atoms with van der Waals surface area (Å²) >= 11 is 0. The number of aryl methyl sites for hydroxylation is 2. The van der Waals surface area contributed by atoms with Gasteiger partial charge < -0.3 is 5.11 Å². The molecule has 4 nitrogen and oxygen atoms in total. The van der Waals surface area contributed by atoms with Crippen molar-refractivity contribution >= 4 is 5.97 Å². The zero-order valence-electron chi connectivity index (χ0n) is 8.73. The third kappa shape index (κ3) is 2.58. The van der Waals surface area contributed by atoms with Crippen LogP contribution >= 0.6 is 0 Å². The highest BCUT2D eigenvalue weighted by Gasteiger charge is 2.10. The Hall–Kier alpha value is -1.32. The first kappa shape index (κ1) is 10.8. The molecule has 1 aromatic rings. The maximum absolute atomic E-state index is 10.3. The van der Waals surface area contributed by atoms with Gasteiger partial charge in [0.25, 0.3) is 5.82 Å². The van der Waals surface area contributed by atoms with Crippen LogP contribution in [-0.4, -0.2) is 15.6 Å². The van der Waals surface area contributed by atoms with Gasteiger partial charge in [0.05, 0.1) is 13.1 Å². The van der Waals surface area contributed by atoms with Crippen LogP contribution in [0.4, 0.5) is 0 Å². The summed E-state index contributed by atoms with van der Waals surface area (Å²) in [4.78, 5) is 10.3. The van der Waals surface area contributed by atoms with Gasteiger partial charge in [-0.1, -0.05) is 0 Å². The Balaban J connectivity index is 2.50. The van der Waals surface area contributed by atoms with E-state index in [9.17, 15) is 4.79 Å². The SMILES string of the molecule is CCn1cc[n+](CCCC(=O)O)c1C. The van der Waals surface area contributed by atoms with Gasteiger partial charge in [-0.25, -0.2) is 9.13 Å². The molecule has 0 saturated carbocycles. The highest BCUT2D eigenvalue weighted by molar-refractivity contribution is 5.66. The summed E-state index contributed by atoms with van der Waals surface area (Å²) in [5.74, 6) is 0.455. The average molecular weight is 197 g/mol. The van der Waals surface area contributed by atoms with E-state index < -0.39 is 5.97 Å². The summed E-state index contributed by atoms with van der Waals surface area (Å²) in [6.45, 7) is 5.88. The van der Waals surface area contributed by atoms with Crippen molar-refractivity contribution in [1.29, 1.82) is 0 Å². The molecule has 4 heteroatoms. The minimum Gasteiger partial charge on any atom is -0.481 e. The van der Waals surface area contributed by atoms with Crippen molar-refractivity contribution in [2.75, 3.05) is 0 Å². The van der Waals surface area contributed by atoms with Gasteiger partial charge in [-0.3, -0.25) is 4.79 Å². The molecule has 0 amide bonds. The monoisotopic (exact) mass is 197 g/mol. The standard InChI is InChI=1S/C10H16N2O2/c1-3-11-7-8-12(9(11)2)6-4-5-10(13)14/h7-8H,3-6H2,1-2H3/p+1. The lowest BCUT2D eigenvalue weighted by Gasteiger charge is -1.98. The zero-order valence-corrected chi connectivity index (χ0v) is 8.73. The van der Waals surface area contributed by atoms with Crippen LogP contribution in [0.3, 0.4) is 0 Å². The number of hydrogen-bond donors (Lipinski definition) is 1. The summed E-state index contributed by atoms with van der Waals surface area (Å²) in [5, 5.41) is 8.50. The maximum atomic E-state index is 10.3. The summed E-state index contributed by atoms with van der Waals surface area (Å²) in [6, 6.07) is 0. The minimum atomic E-state index is -0.724. The van der Waals surface area contributed by atoms with Crippen molar-refractivity contribution in [3.8, 4) is 0 Å². The van der Waals surface area contributed by atoms with E-state index in [2.05, 4.69) is 16.1 Å². The normalized spacial score (nSPS) is 10.4. The molecule has 1 rings (SSSR count). The van der Waals surface area contributed by atoms with Gasteiger partial charge in [0.2, 0.25) is 0 Å². The second-order valence-corrected chi connectivity index (χ2v) is 3.32. The molecule has 0 aromatic carbocycles. The molecule has 14 heavy (non-hydrogen) atoms. The van der Waals surface area contributed by atoms with Crippen LogP contribution in [0.5, 0.6) is 0 Å². The van der Waals surface area contributed by atoms with Crippen LogP contribution in [0.2, 0.25) is 0 Å². The molecule has 0 aliphatic rings. The number of carboxylic acid groups (broad SMARTS) is 1. The van der Waals surface area contributed by atoms with E-state index >= 15 is 0 Å². The number of carboxylic acids is 1. The van der Waals surface area contributed by atoms with Crippen molar-refractivity contribution in [1.82, 2.24) is 4.57 Å². The predicted octanol–water partition coefficient (Wildman–Crippen LogP) is 0.969. The molecule has 1 aromatic heterocycles. The number of imidazole rings is 1. The molecule has 0 unspecified atom stereocenters. The zero-order chi connectivity index (χ0) is 10.6. The Kier molecular flexibility index (Phi) is 3.68. The fourth-order valence-electron chi connectivity index (χ4n) is 1.51. The molecular formula is C10H17N2O2+. The van der Waals surface area contributed by atoms with Crippen LogP contribution in [0.15, 0.2) is 12.4 Å². The molecule has 0 bridgehead atoms. The highest BCUT2D eigenvalue weighted by Crippen LogP contribution is 1.95. The van der Waals surface area contributed by atoms with Gasteiger partial charge in [0.1, 0.15) is 12.4 Å². The summed E-state index contributed by atoms with van der Waals surface area (Å²) in [7, 11) is 0. The Labute approximate surface area is 83.8 Å². The lowest BCUT2D eigenvalue weighted by Crippen LogP contribution is -2.35. The Morgan fingerprint density at radius 3 is 2.86 bits per heavy atom. The molecule has 0 radical (unpaired) electrons. The van der Waals surface area contributed by atoms with E-state index in [0.717, 1.165) is 13.1 Å². The fraction of sp³-hybridized carbons (Fsp3) is 0.600. The lowest BCUT2D eigenvalue weighted by atomic mass is 10.3. The first-order valence-electron chi connectivity index (χ1n) is 4.92. The van der Waals surface area contributed by atoms with E-state index in [1.165, 1.54) is 5.82 Å². The Morgan fingerprint density at radius 1 is 1.64 bits per heavy atom. The van der Waals surface area contributed by atoms with E-state index in [1.54, 1.807) is 0 Å². The molecule has 1 N–H and O–H groups in total. The summed E-state index contributed by atoms with van der Waals surface area (Å²) in [6.07, 6.45) is 4.95. The molecule has 0 aliphatic heterocycles. The first-order chi connectivity index (χ1) is 6.65. The molecule has 0 saturated heterocycles. The molecule has 0 fully saturated rings. The van der Waals surface area contributed by atoms with Gasteiger partial charge in [-0.15, -0.1) is 0 Å². The van der Waals surface area contributed by atoms with Crippen molar-refractivity contribution in [2.24, 2.45) is 0 Å². The second kappa shape index (κ2) is 4.79. The van der Waals surface area contributed by atoms with E-state index in [4.69, 9.17) is 5.11 Å². The van der Waals surface area contributed by atoms with Gasteiger partial charge in [-0.2, -0.15) is 0 Å². The number of aliphatic carboxylic acids is 1. The van der Waals surface area contributed by atoms with Crippen LogP contribution in [0.1, 0.15) is 25.6 Å². The van der Waals surface area contributed by atoms with Crippen LogP contribution in [0.25, 0.3) is 0 Å². The quantitative estimate of drug-likeness (QED) is 0.715. The number of hydrogen-bond acceptors (Lipinski definition) is 1. The number of nitrogens with zero attached hydrogens (tertiary/aromatic N) is 2. The van der Waals surface area contributed by atoms with Crippen molar-refractivity contribution in [3.63, 3.8) is 0 Å². The van der Waals surface area contributed by atoms with Crippen LogP contribution < -0.4 is 4.57 Å². The summed E-state index contributed by atoms with van der Waals surface area (Å²) < 4.78 is 4.23. The van der Waals surface area contributed by atoms with Crippen molar-refractivity contribution < 1.29 is 14.5 Å². The van der Waals surface area contributed by atoms with E-state index in [-0.39, 0.29) is 6.42 Å². The molecule has 0 spiro atoms. The topological polar surface area (TPSA) is 46.1 Å². The maximum Gasteiger partial charge on any atom is 0.303 e. The van der Waals surface area contributed by atoms with Gasteiger partial charge in [-0.05, 0) is 13.3 Å². The largest absolute Gasteiger partial charge is 0.481 e. The molecule has 0 aliphatic carbocycles. The van der Waals surface area contributed by atoms with Gasteiger partial charge >= 0.3 is 5.97 Å². The van der Waals surface area contributed by atoms with Gasteiger partial charge in [0.15, 0.2) is 0 Å². The number of rotatable bonds is 5. The second-order valence-electron chi connectivity index (χ2n) is 3.32. The summed E-state index contributed by atoms with van der Waals surface area (Å²) in [5.41, 5.74) is 0. The smallest absolute Gasteiger partial charge is 0.303 e. The third-order valence-corrected chi connectivity index (χ3v) is 2.39. The Morgan fingerprint density at radius 2 is 2.36 bits per heavy atom. The lowest BCUT2D eigenvalue weighted by molar-refractivity contribution is -0.702. The predicted molar refractivity (Wildman–Crippen MR) is 51.9 cm³/mol. The molecule has 78 valence electrons. The molecule has 0 atom stereocenters. The first-order valence-corrected chi connectivity index (χ1v) is 4.92.